The lowest BCUT2D eigenvalue weighted by molar-refractivity contribution is 0.161. The molecular formula is C23H26ClN3O2. The van der Waals surface area contributed by atoms with E-state index in [9.17, 15) is 0 Å². The Morgan fingerprint density at radius 3 is 3.00 bits per heavy atom. The summed E-state index contributed by atoms with van der Waals surface area (Å²) < 4.78 is 11.8. The first-order chi connectivity index (χ1) is 14.1. The first kappa shape index (κ1) is 19.8. The predicted octanol–water partition coefficient (Wildman–Crippen LogP) is 4.98. The van der Waals surface area contributed by atoms with E-state index in [1.807, 2.05) is 43.3 Å². The molecule has 2 aromatic carbocycles. The van der Waals surface area contributed by atoms with Gasteiger partial charge in [0.25, 0.3) is 0 Å². The Balaban J connectivity index is 1.69. The number of para-hydroxylation sites is 1. The number of nitrogens with zero attached hydrogens (tertiary/aromatic N) is 2. The lowest BCUT2D eigenvalue weighted by atomic mass is 9.97. The third kappa shape index (κ3) is 4.11. The highest BCUT2D eigenvalue weighted by atomic mass is 35.5. The SMILES string of the molecule is C=C(OCC)C(C)C1CN(C2=Nc3cc(Cl)ccc3Oc3ccccc32)CCN1. The van der Waals surface area contributed by atoms with Crippen molar-refractivity contribution in [2.24, 2.45) is 10.9 Å². The van der Waals surface area contributed by atoms with E-state index in [4.69, 9.17) is 26.1 Å². The van der Waals surface area contributed by atoms with Gasteiger partial charge < -0.3 is 19.7 Å². The average molecular weight is 412 g/mol. The Bertz CT molecular complexity index is 943. The summed E-state index contributed by atoms with van der Waals surface area (Å²) in [6, 6.07) is 13.8. The van der Waals surface area contributed by atoms with Gasteiger partial charge in [0.2, 0.25) is 0 Å². The maximum absolute atomic E-state index is 6.23. The van der Waals surface area contributed by atoms with Crippen LogP contribution in [0.5, 0.6) is 11.5 Å². The Morgan fingerprint density at radius 2 is 2.17 bits per heavy atom. The number of halogens is 1. The third-order valence-electron chi connectivity index (χ3n) is 5.44. The highest BCUT2D eigenvalue weighted by Crippen LogP contribution is 2.39. The molecule has 0 bridgehead atoms. The van der Waals surface area contributed by atoms with Gasteiger partial charge in [-0.15, -0.1) is 0 Å². The van der Waals surface area contributed by atoms with E-state index >= 15 is 0 Å². The molecule has 0 amide bonds. The van der Waals surface area contributed by atoms with Gasteiger partial charge in [0, 0.05) is 36.6 Å². The Labute approximate surface area is 177 Å². The number of benzene rings is 2. The van der Waals surface area contributed by atoms with Crippen molar-refractivity contribution in [2.45, 2.75) is 19.9 Å². The fraction of sp³-hybridized carbons (Fsp3) is 0.348. The van der Waals surface area contributed by atoms with Crippen molar-refractivity contribution in [1.29, 1.82) is 0 Å². The summed E-state index contributed by atoms with van der Waals surface area (Å²) in [6.45, 7) is 11.4. The summed E-state index contributed by atoms with van der Waals surface area (Å²) in [7, 11) is 0. The van der Waals surface area contributed by atoms with E-state index in [0.29, 0.717) is 17.4 Å². The molecular weight excluding hydrogens is 386 g/mol. The van der Waals surface area contributed by atoms with Gasteiger partial charge in [0.15, 0.2) is 5.75 Å². The number of fused-ring (bicyclic) bond motifs is 2. The molecule has 2 aromatic rings. The molecule has 6 heteroatoms. The molecule has 2 unspecified atom stereocenters. The van der Waals surface area contributed by atoms with Gasteiger partial charge in [-0.05, 0) is 37.3 Å². The van der Waals surface area contributed by atoms with Crippen molar-refractivity contribution in [1.82, 2.24) is 10.2 Å². The number of piperazine rings is 1. The second kappa shape index (κ2) is 8.47. The summed E-state index contributed by atoms with van der Waals surface area (Å²) in [6.07, 6.45) is 0. The van der Waals surface area contributed by atoms with E-state index in [1.54, 1.807) is 0 Å². The molecule has 2 aliphatic heterocycles. The number of amidine groups is 1. The molecule has 2 heterocycles. The lowest BCUT2D eigenvalue weighted by Gasteiger charge is -2.38. The molecule has 29 heavy (non-hydrogen) atoms. The molecule has 0 spiro atoms. The summed E-state index contributed by atoms with van der Waals surface area (Å²) in [5.41, 5.74) is 1.72. The van der Waals surface area contributed by atoms with Crippen molar-refractivity contribution >= 4 is 23.1 Å². The lowest BCUT2D eigenvalue weighted by Crippen LogP contribution is -2.55. The zero-order valence-electron chi connectivity index (χ0n) is 16.8. The minimum absolute atomic E-state index is 0.192. The minimum Gasteiger partial charge on any atom is -0.499 e. The van der Waals surface area contributed by atoms with Crippen LogP contribution in [0, 0.1) is 5.92 Å². The quantitative estimate of drug-likeness (QED) is 0.720. The van der Waals surface area contributed by atoms with Gasteiger partial charge >= 0.3 is 0 Å². The van der Waals surface area contributed by atoms with E-state index in [-0.39, 0.29) is 12.0 Å². The first-order valence-electron chi connectivity index (χ1n) is 10.0. The summed E-state index contributed by atoms with van der Waals surface area (Å²) in [5.74, 6) is 3.42. The molecule has 2 atom stereocenters. The molecule has 0 radical (unpaired) electrons. The largest absolute Gasteiger partial charge is 0.499 e. The van der Waals surface area contributed by atoms with E-state index in [0.717, 1.165) is 48.2 Å². The smallest absolute Gasteiger partial charge is 0.153 e. The zero-order valence-corrected chi connectivity index (χ0v) is 17.6. The minimum atomic E-state index is 0.192. The van der Waals surface area contributed by atoms with Crippen LogP contribution >= 0.6 is 11.6 Å². The first-order valence-corrected chi connectivity index (χ1v) is 10.4. The standard InChI is InChI=1S/C23H26ClN3O2/c1-4-28-16(3)15(2)20-14-27(12-11-25-20)23-18-7-5-6-8-21(18)29-22-10-9-17(24)13-19(22)26-23/h5-10,13,15,20,25H,3-4,11-12,14H2,1-2H3. The van der Waals surface area contributed by atoms with Crippen molar-refractivity contribution in [3.8, 4) is 11.5 Å². The number of hydrogen-bond donors (Lipinski definition) is 1. The average Bonchev–Trinajstić information content (AvgIpc) is 2.90. The molecule has 1 fully saturated rings. The maximum Gasteiger partial charge on any atom is 0.153 e. The second-order valence-corrected chi connectivity index (χ2v) is 7.78. The van der Waals surface area contributed by atoms with Crippen LogP contribution < -0.4 is 10.1 Å². The molecule has 2 aliphatic rings. The number of aliphatic imine (C=N–C) groups is 1. The highest BCUT2D eigenvalue weighted by molar-refractivity contribution is 6.31. The molecule has 0 aromatic heterocycles. The van der Waals surface area contributed by atoms with E-state index in [2.05, 4.69) is 29.8 Å². The fourth-order valence-corrected chi connectivity index (χ4v) is 3.95. The van der Waals surface area contributed by atoms with Crippen LogP contribution in [-0.2, 0) is 4.74 Å². The van der Waals surface area contributed by atoms with Crippen molar-refractivity contribution in [3.63, 3.8) is 0 Å². The monoisotopic (exact) mass is 411 g/mol. The van der Waals surface area contributed by atoms with Crippen LogP contribution in [0.25, 0.3) is 0 Å². The van der Waals surface area contributed by atoms with E-state index < -0.39 is 0 Å². The van der Waals surface area contributed by atoms with Crippen molar-refractivity contribution < 1.29 is 9.47 Å². The maximum atomic E-state index is 6.23. The van der Waals surface area contributed by atoms with Crippen LogP contribution in [0.2, 0.25) is 5.02 Å². The molecule has 0 aliphatic carbocycles. The van der Waals surface area contributed by atoms with Crippen molar-refractivity contribution in [3.05, 3.63) is 65.4 Å². The molecule has 152 valence electrons. The topological polar surface area (TPSA) is 46.1 Å². The predicted molar refractivity (Wildman–Crippen MR) is 117 cm³/mol. The van der Waals surface area contributed by atoms with Crippen LogP contribution in [-0.4, -0.2) is 43.0 Å². The number of hydrogen-bond acceptors (Lipinski definition) is 5. The Hall–Kier alpha value is -2.50. The highest BCUT2D eigenvalue weighted by Gasteiger charge is 2.30. The van der Waals surface area contributed by atoms with Gasteiger partial charge in [-0.25, -0.2) is 4.99 Å². The number of ether oxygens (including phenoxy) is 2. The van der Waals surface area contributed by atoms with Crippen molar-refractivity contribution in [2.75, 3.05) is 26.2 Å². The Kier molecular flexibility index (Phi) is 5.79. The van der Waals surface area contributed by atoms with Crippen LogP contribution in [0.4, 0.5) is 5.69 Å². The van der Waals surface area contributed by atoms with Crippen LogP contribution in [0.15, 0.2) is 59.8 Å². The summed E-state index contributed by atoms with van der Waals surface area (Å²) in [4.78, 5) is 7.31. The van der Waals surface area contributed by atoms with E-state index in [1.165, 1.54) is 0 Å². The summed E-state index contributed by atoms with van der Waals surface area (Å²) >= 11 is 6.23. The summed E-state index contributed by atoms with van der Waals surface area (Å²) in [5, 5.41) is 4.25. The zero-order chi connectivity index (χ0) is 20.4. The normalized spacial score (nSPS) is 19.2. The van der Waals surface area contributed by atoms with Gasteiger partial charge in [0.05, 0.1) is 17.9 Å². The fourth-order valence-electron chi connectivity index (χ4n) is 3.79. The molecule has 4 rings (SSSR count). The van der Waals surface area contributed by atoms with Gasteiger partial charge in [-0.2, -0.15) is 0 Å². The second-order valence-electron chi connectivity index (χ2n) is 7.34. The molecule has 0 saturated carbocycles. The molecule has 5 nitrogen and oxygen atoms in total. The third-order valence-corrected chi connectivity index (χ3v) is 5.68. The van der Waals surface area contributed by atoms with Gasteiger partial charge in [-0.3, -0.25) is 0 Å². The number of rotatable bonds is 4. The van der Waals surface area contributed by atoms with Gasteiger partial charge in [0.1, 0.15) is 17.3 Å². The number of nitrogens with one attached hydrogen (secondary N) is 1. The van der Waals surface area contributed by atoms with Gasteiger partial charge in [-0.1, -0.05) is 37.2 Å². The van der Waals surface area contributed by atoms with Crippen LogP contribution in [0.3, 0.4) is 0 Å². The Morgan fingerprint density at radius 1 is 1.34 bits per heavy atom. The van der Waals surface area contributed by atoms with Crippen LogP contribution in [0.1, 0.15) is 19.4 Å². The molecule has 1 saturated heterocycles. The molecule has 1 N–H and O–H groups in total.